The molecule has 0 saturated carbocycles. The number of nitrogens with zero attached hydrogens (tertiary/aromatic N) is 2. The fraction of sp³-hybridized carbons (Fsp3) is 0.118. The highest BCUT2D eigenvalue weighted by atomic mass is 79.9. The van der Waals surface area contributed by atoms with Crippen molar-refractivity contribution in [2.24, 2.45) is 0 Å². The summed E-state index contributed by atoms with van der Waals surface area (Å²) in [5, 5.41) is 11.7. The van der Waals surface area contributed by atoms with Gasteiger partial charge in [-0.05, 0) is 42.8 Å². The number of halogens is 1. The van der Waals surface area contributed by atoms with E-state index in [1.54, 1.807) is 24.3 Å². The number of amides is 1. The molecule has 3 rings (SSSR count). The molecule has 0 saturated heterocycles. The van der Waals surface area contributed by atoms with E-state index < -0.39 is 15.9 Å². The molecule has 0 unspecified atom stereocenters. The first-order chi connectivity index (χ1) is 12.9. The number of nitrogens with one attached hydrogen (secondary N) is 2. The lowest BCUT2D eigenvalue weighted by Crippen LogP contribution is -2.18. The first-order valence-corrected chi connectivity index (χ1v) is 11.0. The molecule has 0 aliphatic carbocycles. The van der Waals surface area contributed by atoms with Crippen LogP contribution in [0, 0.1) is 0 Å². The summed E-state index contributed by atoms with van der Waals surface area (Å²) < 4.78 is 28.5. The molecule has 1 aromatic heterocycles. The number of anilines is 2. The Morgan fingerprint density at radius 3 is 2.48 bits per heavy atom. The Kier molecular flexibility index (Phi) is 5.88. The predicted octanol–water partition coefficient (Wildman–Crippen LogP) is 3.92. The lowest BCUT2D eigenvalue weighted by atomic mass is 10.2. The van der Waals surface area contributed by atoms with Gasteiger partial charge < -0.3 is 0 Å². The summed E-state index contributed by atoms with van der Waals surface area (Å²) in [6.45, 7) is 1.94. The molecule has 0 aliphatic rings. The van der Waals surface area contributed by atoms with Gasteiger partial charge in [-0.1, -0.05) is 46.3 Å². The molecule has 0 aliphatic heterocycles. The van der Waals surface area contributed by atoms with Crippen molar-refractivity contribution in [2.45, 2.75) is 18.2 Å². The molecule has 0 atom stereocenters. The highest BCUT2D eigenvalue weighted by molar-refractivity contribution is 9.10. The number of aryl methyl sites for hydroxylation is 1. The zero-order valence-corrected chi connectivity index (χ0v) is 17.4. The van der Waals surface area contributed by atoms with Crippen LogP contribution in [0.1, 0.15) is 22.3 Å². The van der Waals surface area contributed by atoms with Crippen LogP contribution in [0.2, 0.25) is 0 Å². The summed E-state index contributed by atoms with van der Waals surface area (Å²) in [5.74, 6) is -0.470. The predicted molar refractivity (Wildman–Crippen MR) is 109 cm³/mol. The van der Waals surface area contributed by atoms with E-state index in [2.05, 4.69) is 36.2 Å². The number of hydrogen-bond donors (Lipinski definition) is 2. The number of carbonyl (C=O) groups excluding carboxylic acids is 1. The van der Waals surface area contributed by atoms with Crippen molar-refractivity contribution in [1.82, 2.24) is 10.2 Å². The van der Waals surface area contributed by atoms with Crippen molar-refractivity contribution >= 4 is 54.0 Å². The molecule has 2 aromatic carbocycles. The third kappa shape index (κ3) is 4.71. The van der Waals surface area contributed by atoms with E-state index in [4.69, 9.17) is 0 Å². The Hall–Kier alpha value is -2.30. The van der Waals surface area contributed by atoms with E-state index in [1.165, 1.54) is 35.6 Å². The summed E-state index contributed by atoms with van der Waals surface area (Å²) in [4.78, 5) is 12.7. The molecule has 7 nitrogen and oxygen atoms in total. The van der Waals surface area contributed by atoms with Crippen LogP contribution in [0.5, 0.6) is 0 Å². The zero-order valence-electron chi connectivity index (χ0n) is 14.1. The minimum Gasteiger partial charge on any atom is -0.296 e. The Labute approximate surface area is 169 Å². The van der Waals surface area contributed by atoms with Crippen molar-refractivity contribution in [3.05, 3.63) is 63.6 Å². The number of hydrogen-bond acceptors (Lipinski definition) is 6. The number of aromatic nitrogens is 2. The Bertz CT molecular complexity index is 1070. The van der Waals surface area contributed by atoms with E-state index >= 15 is 0 Å². The molecule has 1 amide bonds. The summed E-state index contributed by atoms with van der Waals surface area (Å²) in [6, 6.07) is 12.6. The first-order valence-electron chi connectivity index (χ1n) is 7.90. The van der Waals surface area contributed by atoms with Gasteiger partial charge in [-0.25, -0.2) is 8.42 Å². The van der Waals surface area contributed by atoms with Crippen LogP contribution in [0.4, 0.5) is 10.8 Å². The molecule has 0 bridgehead atoms. The lowest BCUT2D eigenvalue weighted by Gasteiger charge is -2.12. The zero-order chi connectivity index (χ0) is 19.4. The second-order valence-electron chi connectivity index (χ2n) is 5.41. The number of carbonyl (C=O) groups is 1. The Morgan fingerprint density at radius 1 is 1.11 bits per heavy atom. The van der Waals surface area contributed by atoms with Gasteiger partial charge in [0.15, 0.2) is 0 Å². The quantitative estimate of drug-likeness (QED) is 0.573. The Balaban J connectivity index is 1.85. The minimum absolute atomic E-state index is 0.0950. The highest BCUT2D eigenvalue weighted by Gasteiger charge is 2.19. The molecule has 0 radical (unpaired) electrons. The highest BCUT2D eigenvalue weighted by Crippen LogP contribution is 2.23. The van der Waals surface area contributed by atoms with E-state index in [0.717, 1.165) is 15.9 Å². The third-order valence-electron chi connectivity index (χ3n) is 3.53. The van der Waals surface area contributed by atoms with Gasteiger partial charge >= 0.3 is 0 Å². The van der Waals surface area contributed by atoms with Crippen LogP contribution >= 0.6 is 27.3 Å². The number of sulfonamides is 1. The maximum Gasteiger partial charge on any atom is 0.261 e. The van der Waals surface area contributed by atoms with E-state index in [1.807, 2.05) is 6.92 Å². The van der Waals surface area contributed by atoms with Crippen molar-refractivity contribution in [1.29, 1.82) is 0 Å². The molecule has 10 heteroatoms. The van der Waals surface area contributed by atoms with E-state index in [9.17, 15) is 13.2 Å². The number of rotatable bonds is 6. The van der Waals surface area contributed by atoms with Crippen molar-refractivity contribution in [3.8, 4) is 0 Å². The van der Waals surface area contributed by atoms with E-state index in [0.29, 0.717) is 5.13 Å². The third-order valence-corrected chi connectivity index (χ3v) is 6.42. The maximum atomic E-state index is 12.6. The van der Waals surface area contributed by atoms with Gasteiger partial charge in [0.05, 0.1) is 16.1 Å². The molecule has 0 spiro atoms. The average molecular weight is 467 g/mol. The molecule has 27 heavy (non-hydrogen) atoms. The van der Waals surface area contributed by atoms with Gasteiger partial charge in [-0.3, -0.25) is 14.8 Å². The van der Waals surface area contributed by atoms with Crippen LogP contribution < -0.4 is 10.0 Å². The molecule has 140 valence electrons. The summed E-state index contributed by atoms with van der Waals surface area (Å²) in [5.41, 5.74) is 0.365. The molecular formula is C17H15BrN4O3S2. The van der Waals surface area contributed by atoms with Gasteiger partial charge in [0.2, 0.25) is 5.13 Å². The monoisotopic (exact) mass is 466 g/mol. The molecule has 2 N–H and O–H groups in total. The van der Waals surface area contributed by atoms with Crippen molar-refractivity contribution < 1.29 is 13.2 Å². The van der Waals surface area contributed by atoms with Crippen LogP contribution in [0.3, 0.4) is 0 Å². The first kappa shape index (κ1) is 19.5. The second kappa shape index (κ2) is 8.15. The fourth-order valence-corrected chi connectivity index (χ4v) is 4.22. The van der Waals surface area contributed by atoms with Gasteiger partial charge in [-0.2, -0.15) is 0 Å². The SMILES string of the molecule is CCc1nnc(NC(=O)c2ccccc2NS(=O)(=O)c2ccc(Br)cc2)s1. The summed E-state index contributed by atoms with van der Waals surface area (Å²) >= 11 is 4.55. The average Bonchev–Trinajstić information content (AvgIpc) is 3.09. The van der Waals surface area contributed by atoms with Gasteiger partial charge in [0, 0.05) is 4.47 Å². The van der Waals surface area contributed by atoms with Crippen LogP contribution in [-0.4, -0.2) is 24.5 Å². The topological polar surface area (TPSA) is 101 Å². The van der Waals surface area contributed by atoms with Crippen LogP contribution in [-0.2, 0) is 16.4 Å². The smallest absolute Gasteiger partial charge is 0.261 e. The van der Waals surface area contributed by atoms with Crippen molar-refractivity contribution in [3.63, 3.8) is 0 Å². The second-order valence-corrected chi connectivity index (χ2v) is 9.07. The van der Waals surface area contributed by atoms with E-state index in [-0.39, 0.29) is 16.1 Å². The largest absolute Gasteiger partial charge is 0.296 e. The minimum atomic E-state index is -3.84. The fourth-order valence-electron chi connectivity index (χ4n) is 2.20. The van der Waals surface area contributed by atoms with Crippen LogP contribution in [0.25, 0.3) is 0 Å². The summed E-state index contributed by atoms with van der Waals surface area (Å²) in [6.07, 6.45) is 0.719. The van der Waals surface area contributed by atoms with Gasteiger partial charge in [0.25, 0.3) is 15.9 Å². The lowest BCUT2D eigenvalue weighted by molar-refractivity contribution is 0.102. The maximum absolute atomic E-state index is 12.6. The molecular weight excluding hydrogens is 452 g/mol. The molecule has 3 aromatic rings. The van der Waals surface area contributed by atoms with Gasteiger partial charge in [-0.15, -0.1) is 10.2 Å². The molecule has 0 fully saturated rings. The van der Waals surface area contributed by atoms with Crippen molar-refractivity contribution in [2.75, 3.05) is 10.0 Å². The van der Waals surface area contributed by atoms with Crippen LogP contribution in [0.15, 0.2) is 57.9 Å². The summed E-state index contributed by atoms with van der Waals surface area (Å²) in [7, 11) is -3.84. The number of benzene rings is 2. The Morgan fingerprint density at radius 2 is 1.81 bits per heavy atom. The normalized spacial score (nSPS) is 11.2. The van der Waals surface area contributed by atoms with Gasteiger partial charge in [0.1, 0.15) is 5.01 Å². The molecule has 1 heterocycles. The number of para-hydroxylation sites is 1. The standard InChI is InChI=1S/C17H15BrN4O3S2/c1-2-15-20-21-17(26-15)19-16(23)13-5-3-4-6-14(13)22-27(24,25)12-9-7-11(18)8-10-12/h3-10,22H,2H2,1H3,(H,19,21,23).